The Kier molecular flexibility index (Phi) is 6.61. The third-order valence-electron chi connectivity index (χ3n) is 4.37. The molecule has 0 radical (unpaired) electrons. The molecule has 0 bridgehead atoms. The minimum Gasteiger partial charge on any atom is -0.497 e. The van der Waals surface area contributed by atoms with E-state index in [1.807, 2.05) is 0 Å². The van der Waals surface area contributed by atoms with Gasteiger partial charge in [-0.2, -0.15) is 0 Å². The Bertz CT molecular complexity index is 950. The van der Waals surface area contributed by atoms with E-state index >= 15 is 0 Å². The molecule has 1 saturated heterocycles. The van der Waals surface area contributed by atoms with E-state index in [-0.39, 0.29) is 18.9 Å². The monoisotopic (exact) mass is 436 g/mol. The molecule has 2 amide bonds. The number of ether oxygens (including phenoxy) is 2. The summed E-state index contributed by atoms with van der Waals surface area (Å²) in [7, 11) is 1.54. The molecule has 0 saturated carbocycles. The summed E-state index contributed by atoms with van der Waals surface area (Å²) in [6.07, 6.45) is 0.0183. The number of esters is 1. The average molecular weight is 437 g/mol. The first-order valence-corrected chi connectivity index (χ1v) is 9.49. The molecule has 2 aromatic carbocycles. The van der Waals surface area contributed by atoms with Crippen LogP contribution in [-0.4, -0.2) is 38.0 Å². The third-order valence-corrected chi connectivity index (χ3v) is 5.11. The molecular weight excluding hydrogens is 419 g/mol. The number of methoxy groups -OCH3 is 1. The first-order chi connectivity index (χ1) is 13.9. The Morgan fingerprint density at radius 2 is 1.97 bits per heavy atom. The molecule has 1 aliphatic rings. The van der Waals surface area contributed by atoms with Crippen molar-refractivity contribution in [2.24, 2.45) is 5.92 Å². The predicted octanol–water partition coefficient (Wildman–Crippen LogP) is 3.54. The van der Waals surface area contributed by atoms with Crippen molar-refractivity contribution in [3.63, 3.8) is 0 Å². The summed E-state index contributed by atoms with van der Waals surface area (Å²) >= 11 is 11.7. The van der Waals surface area contributed by atoms with Gasteiger partial charge in [-0.25, -0.2) is 0 Å². The van der Waals surface area contributed by atoms with Crippen molar-refractivity contribution in [1.29, 1.82) is 0 Å². The lowest BCUT2D eigenvalue weighted by Crippen LogP contribution is -2.28. The number of nitrogens with zero attached hydrogens (tertiary/aromatic N) is 1. The van der Waals surface area contributed by atoms with Gasteiger partial charge >= 0.3 is 5.97 Å². The fourth-order valence-corrected chi connectivity index (χ4v) is 3.22. The van der Waals surface area contributed by atoms with Gasteiger partial charge in [0.05, 0.1) is 23.1 Å². The van der Waals surface area contributed by atoms with Crippen molar-refractivity contribution in [1.82, 2.24) is 0 Å². The lowest BCUT2D eigenvalue weighted by molar-refractivity contribution is -0.151. The summed E-state index contributed by atoms with van der Waals surface area (Å²) in [5, 5.41) is 3.22. The van der Waals surface area contributed by atoms with Crippen LogP contribution in [-0.2, 0) is 19.1 Å². The zero-order chi connectivity index (χ0) is 21.0. The second kappa shape index (κ2) is 9.15. The molecule has 0 aliphatic carbocycles. The molecule has 1 atom stereocenters. The zero-order valence-electron chi connectivity index (χ0n) is 15.5. The van der Waals surface area contributed by atoms with Crippen LogP contribution in [0.1, 0.15) is 6.42 Å². The molecule has 7 nitrogen and oxygen atoms in total. The molecule has 1 heterocycles. The highest BCUT2D eigenvalue weighted by Crippen LogP contribution is 2.28. The molecule has 9 heteroatoms. The quantitative estimate of drug-likeness (QED) is 0.699. The highest BCUT2D eigenvalue weighted by molar-refractivity contribution is 6.42. The molecular formula is C20H18Cl2N2O5. The van der Waals surface area contributed by atoms with Crippen LogP contribution in [0.5, 0.6) is 5.75 Å². The lowest BCUT2D eigenvalue weighted by Gasteiger charge is -2.17. The molecule has 0 spiro atoms. The van der Waals surface area contributed by atoms with Gasteiger partial charge < -0.3 is 19.7 Å². The maximum absolute atomic E-state index is 12.3. The Balaban J connectivity index is 1.53. The van der Waals surface area contributed by atoms with E-state index in [0.29, 0.717) is 27.2 Å². The van der Waals surface area contributed by atoms with E-state index in [1.165, 1.54) is 18.1 Å². The predicted molar refractivity (Wildman–Crippen MR) is 110 cm³/mol. The van der Waals surface area contributed by atoms with Crippen molar-refractivity contribution in [3.8, 4) is 5.75 Å². The average Bonchev–Trinajstić information content (AvgIpc) is 3.11. The van der Waals surface area contributed by atoms with E-state index in [4.69, 9.17) is 32.7 Å². The van der Waals surface area contributed by atoms with Gasteiger partial charge in [0.1, 0.15) is 5.75 Å². The summed E-state index contributed by atoms with van der Waals surface area (Å²) in [6, 6.07) is 11.6. The minimum atomic E-state index is -0.647. The molecule has 1 aliphatic heterocycles. The number of carbonyl (C=O) groups is 3. The van der Waals surface area contributed by atoms with E-state index in [9.17, 15) is 14.4 Å². The lowest BCUT2D eigenvalue weighted by atomic mass is 10.1. The maximum atomic E-state index is 12.3. The smallest absolute Gasteiger partial charge is 0.311 e. The molecule has 1 fully saturated rings. The molecule has 1 N–H and O–H groups in total. The largest absolute Gasteiger partial charge is 0.497 e. The van der Waals surface area contributed by atoms with Crippen molar-refractivity contribution in [2.75, 3.05) is 30.5 Å². The summed E-state index contributed by atoms with van der Waals surface area (Å²) < 4.78 is 10.2. The number of halogens is 2. The number of carbonyl (C=O) groups excluding carboxylic acids is 3. The van der Waals surface area contributed by atoms with Gasteiger partial charge in [0.2, 0.25) is 5.91 Å². The molecule has 0 aromatic heterocycles. The van der Waals surface area contributed by atoms with Gasteiger partial charge in [0.25, 0.3) is 5.91 Å². The van der Waals surface area contributed by atoms with Crippen molar-refractivity contribution in [3.05, 3.63) is 52.5 Å². The Morgan fingerprint density at radius 3 is 2.69 bits per heavy atom. The van der Waals surface area contributed by atoms with Gasteiger partial charge in [0, 0.05) is 30.4 Å². The highest BCUT2D eigenvalue weighted by Gasteiger charge is 2.36. The number of amides is 2. The maximum Gasteiger partial charge on any atom is 0.311 e. The van der Waals surface area contributed by atoms with E-state index in [2.05, 4.69) is 5.32 Å². The number of benzene rings is 2. The number of anilines is 2. The Hall–Kier alpha value is -2.77. The fourth-order valence-electron chi connectivity index (χ4n) is 2.92. The van der Waals surface area contributed by atoms with Gasteiger partial charge in [-0.3, -0.25) is 14.4 Å². The van der Waals surface area contributed by atoms with Crippen LogP contribution >= 0.6 is 23.2 Å². The van der Waals surface area contributed by atoms with Crippen LogP contribution in [0, 0.1) is 5.92 Å². The second-order valence-electron chi connectivity index (χ2n) is 6.39. The fraction of sp³-hybridized carbons (Fsp3) is 0.250. The number of nitrogens with one attached hydrogen (secondary N) is 1. The summed E-state index contributed by atoms with van der Waals surface area (Å²) in [5.74, 6) is -1.36. The molecule has 3 rings (SSSR count). The highest BCUT2D eigenvalue weighted by atomic mass is 35.5. The summed E-state index contributed by atoms with van der Waals surface area (Å²) in [5.41, 5.74) is 1.07. The van der Waals surface area contributed by atoms with Crippen molar-refractivity contribution in [2.45, 2.75) is 6.42 Å². The number of hydrogen-bond donors (Lipinski definition) is 1. The van der Waals surface area contributed by atoms with Gasteiger partial charge in [0.15, 0.2) is 6.61 Å². The first kappa shape index (κ1) is 21.0. The zero-order valence-corrected chi connectivity index (χ0v) is 17.0. The summed E-state index contributed by atoms with van der Waals surface area (Å²) in [4.78, 5) is 38.1. The van der Waals surface area contributed by atoms with E-state index in [0.717, 1.165) is 0 Å². The van der Waals surface area contributed by atoms with E-state index < -0.39 is 24.4 Å². The van der Waals surface area contributed by atoms with Crippen LogP contribution in [0.15, 0.2) is 42.5 Å². The minimum absolute atomic E-state index is 0.0183. The van der Waals surface area contributed by atoms with Crippen LogP contribution in [0.3, 0.4) is 0 Å². The number of rotatable bonds is 6. The normalized spacial score (nSPS) is 15.9. The van der Waals surface area contributed by atoms with Crippen LogP contribution in [0.4, 0.5) is 11.4 Å². The van der Waals surface area contributed by atoms with Crippen molar-refractivity contribution < 1.29 is 23.9 Å². The van der Waals surface area contributed by atoms with Gasteiger partial charge in [-0.1, -0.05) is 29.3 Å². The van der Waals surface area contributed by atoms with Crippen LogP contribution < -0.4 is 15.0 Å². The second-order valence-corrected chi connectivity index (χ2v) is 7.21. The summed E-state index contributed by atoms with van der Waals surface area (Å²) in [6.45, 7) is -0.290. The third kappa shape index (κ3) is 5.19. The Morgan fingerprint density at radius 1 is 1.17 bits per heavy atom. The van der Waals surface area contributed by atoms with Crippen LogP contribution in [0.25, 0.3) is 0 Å². The topological polar surface area (TPSA) is 84.9 Å². The number of hydrogen-bond acceptors (Lipinski definition) is 5. The molecule has 2 aromatic rings. The molecule has 152 valence electrons. The first-order valence-electron chi connectivity index (χ1n) is 8.73. The molecule has 0 unspecified atom stereocenters. The van der Waals surface area contributed by atoms with Crippen LogP contribution in [0.2, 0.25) is 10.0 Å². The van der Waals surface area contributed by atoms with Gasteiger partial charge in [-0.05, 0) is 30.3 Å². The Labute approximate surface area is 177 Å². The van der Waals surface area contributed by atoms with Crippen molar-refractivity contribution >= 4 is 52.4 Å². The van der Waals surface area contributed by atoms with Gasteiger partial charge in [-0.15, -0.1) is 0 Å². The molecule has 29 heavy (non-hydrogen) atoms. The SMILES string of the molecule is COc1cccc(N2C[C@H](C(=O)OCC(=O)Nc3ccc(Cl)c(Cl)c3)CC2=O)c1. The van der Waals surface area contributed by atoms with E-state index in [1.54, 1.807) is 36.4 Å². The standard InChI is InChI=1S/C20H18Cl2N2O5/c1-28-15-4-2-3-14(9-15)24-10-12(7-19(24)26)20(27)29-11-18(25)23-13-5-6-16(21)17(22)8-13/h2-6,8-9,12H,7,10-11H2,1H3,(H,23,25)/t12-/m1/s1.